The predicted molar refractivity (Wildman–Crippen MR) is 184 cm³/mol. The van der Waals surface area contributed by atoms with Crippen molar-refractivity contribution in [3.05, 3.63) is 130 Å². The van der Waals surface area contributed by atoms with Crippen LogP contribution >= 0.6 is 0 Å². The Balaban J connectivity index is 1.90. The predicted octanol–water partition coefficient (Wildman–Crippen LogP) is 10.4. The summed E-state index contributed by atoms with van der Waals surface area (Å²) in [6.45, 7) is 21.6. The van der Waals surface area contributed by atoms with Crippen LogP contribution in [0.25, 0.3) is 0 Å². The Bertz CT molecular complexity index is 1270. The molecule has 2 N–H and O–H groups in total. The molecule has 0 aromatic heterocycles. The molecule has 0 aliphatic heterocycles. The van der Waals surface area contributed by atoms with Crippen LogP contribution in [0.1, 0.15) is 88.5 Å². The van der Waals surface area contributed by atoms with Gasteiger partial charge in [-0.25, -0.2) is 0 Å². The smallest absolute Gasteiger partial charge is 0.0729 e. The molecular weight excluding hydrogens is 512 g/mol. The zero-order valence-corrected chi connectivity index (χ0v) is 27.9. The maximum absolute atomic E-state index is 10.1. The molecule has 2 heteroatoms. The van der Waals surface area contributed by atoms with E-state index in [4.69, 9.17) is 0 Å². The Hall–Kier alpha value is -2.94. The van der Waals surface area contributed by atoms with Gasteiger partial charge in [0.05, 0.1) is 12.2 Å². The third-order valence-corrected chi connectivity index (χ3v) is 8.33. The molecule has 0 radical (unpaired) electrons. The second-order valence-corrected chi connectivity index (χ2v) is 13.7. The highest BCUT2D eigenvalue weighted by atomic mass is 16.3. The van der Waals surface area contributed by atoms with Crippen LogP contribution in [0.2, 0.25) is 0 Å². The molecule has 0 saturated carbocycles. The van der Waals surface area contributed by atoms with Crippen LogP contribution in [0, 0.1) is 16.7 Å². The van der Waals surface area contributed by atoms with E-state index in [0.29, 0.717) is 5.92 Å². The average Bonchev–Trinajstić information content (AvgIpc) is 2.85. The molecule has 42 heavy (non-hydrogen) atoms. The van der Waals surface area contributed by atoms with Gasteiger partial charge < -0.3 is 10.2 Å². The Kier molecular flexibility index (Phi) is 13.5. The topological polar surface area (TPSA) is 40.5 Å². The van der Waals surface area contributed by atoms with Gasteiger partial charge in [-0.1, -0.05) is 152 Å². The first-order valence-electron chi connectivity index (χ1n) is 15.4. The Morgan fingerprint density at radius 3 is 1.81 bits per heavy atom. The van der Waals surface area contributed by atoms with Crippen molar-refractivity contribution < 1.29 is 10.2 Å². The molecule has 2 rings (SSSR count). The highest BCUT2D eigenvalue weighted by molar-refractivity contribution is 5.38. The Labute approximate surface area is 257 Å². The fourth-order valence-corrected chi connectivity index (χ4v) is 6.13. The van der Waals surface area contributed by atoms with Crippen LogP contribution in [0.4, 0.5) is 0 Å². The summed E-state index contributed by atoms with van der Waals surface area (Å²) < 4.78 is 0. The maximum Gasteiger partial charge on any atom is 0.0729 e. The van der Waals surface area contributed by atoms with Crippen LogP contribution in [-0.2, 0) is 0 Å². The van der Waals surface area contributed by atoms with Crippen molar-refractivity contribution >= 4 is 0 Å². The van der Waals surface area contributed by atoms with Gasteiger partial charge in [0, 0.05) is 5.92 Å². The van der Waals surface area contributed by atoms with Crippen LogP contribution < -0.4 is 0 Å². The van der Waals surface area contributed by atoms with E-state index in [2.05, 4.69) is 154 Å². The second kappa shape index (κ2) is 16.1. The molecule has 0 aromatic carbocycles. The number of rotatable bonds is 10. The van der Waals surface area contributed by atoms with E-state index in [1.165, 1.54) is 39.0 Å². The standard InChI is InChI=1S/C40H56O2/c1-29(17-13-18-32(4)23-24-38-34(6)26-36(42)28-40(38,9)10)15-11-12-16-30(2)21-22-31(3)19-14-20-37-33(5)25-35(41)27-39(37,7)8/h11-25,35-37,41-42H,26-28H2,1-10H3/b12-11+,17-13+,20-14+,22-21+,24-23+,29-15+,30-16+,31-19-,32-18-/t35-,36+,37-/m0/s1. The Morgan fingerprint density at radius 2 is 1.24 bits per heavy atom. The van der Waals surface area contributed by atoms with Crippen LogP contribution in [0.15, 0.2) is 130 Å². The van der Waals surface area contributed by atoms with Crippen molar-refractivity contribution in [2.24, 2.45) is 16.7 Å². The molecule has 0 fully saturated rings. The van der Waals surface area contributed by atoms with Crippen molar-refractivity contribution in [3.8, 4) is 0 Å². The van der Waals surface area contributed by atoms with Gasteiger partial charge in [0.15, 0.2) is 0 Å². The lowest BCUT2D eigenvalue weighted by Crippen LogP contribution is -2.32. The third-order valence-electron chi connectivity index (χ3n) is 8.33. The molecule has 0 spiro atoms. The van der Waals surface area contributed by atoms with E-state index in [1.54, 1.807) is 0 Å². The molecule has 0 bridgehead atoms. The van der Waals surface area contributed by atoms with E-state index >= 15 is 0 Å². The average molecular weight is 569 g/mol. The normalized spacial score (nSPS) is 26.6. The largest absolute Gasteiger partial charge is 0.393 e. The first-order valence-corrected chi connectivity index (χ1v) is 15.4. The summed E-state index contributed by atoms with van der Waals surface area (Å²) in [4.78, 5) is 0. The van der Waals surface area contributed by atoms with Gasteiger partial charge in [0.25, 0.3) is 0 Å². The fourth-order valence-electron chi connectivity index (χ4n) is 6.13. The minimum Gasteiger partial charge on any atom is -0.393 e. The van der Waals surface area contributed by atoms with Gasteiger partial charge in [0.2, 0.25) is 0 Å². The summed E-state index contributed by atoms with van der Waals surface area (Å²) >= 11 is 0. The monoisotopic (exact) mass is 568 g/mol. The summed E-state index contributed by atoms with van der Waals surface area (Å²) in [6.07, 6.45) is 33.8. The maximum atomic E-state index is 10.1. The van der Waals surface area contributed by atoms with Gasteiger partial charge in [-0.2, -0.15) is 0 Å². The van der Waals surface area contributed by atoms with Crippen LogP contribution in [0.3, 0.4) is 0 Å². The van der Waals surface area contributed by atoms with Crippen LogP contribution in [-0.4, -0.2) is 22.4 Å². The minimum atomic E-state index is -0.330. The highest BCUT2D eigenvalue weighted by Gasteiger charge is 2.34. The van der Waals surface area contributed by atoms with Crippen molar-refractivity contribution in [1.29, 1.82) is 0 Å². The molecule has 0 amide bonds. The minimum absolute atomic E-state index is 0.00516. The highest BCUT2D eigenvalue weighted by Crippen LogP contribution is 2.42. The lowest BCUT2D eigenvalue weighted by atomic mass is 9.68. The quantitative estimate of drug-likeness (QED) is 0.203. The van der Waals surface area contributed by atoms with E-state index in [1.807, 2.05) is 6.08 Å². The van der Waals surface area contributed by atoms with E-state index in [9.17, 15) is 10.2 Å². The van der Waals surface area contributed by atoms with Gasteiger partial charge in [-0.05, 0) is 77.2 Å². The third kappa shape index (κ3) is 11.7. The van der Waals surface area contributed by atoms with Gasteiger partial charge in [-0.15, -0.1) is 0 Å². The summed E-state index contributed by atoms with van der Waals surface area (Å²) in [5.41, 5.74) is 8.73. The van der Waals surface area contributed by atoms with E-state index < -0.39 is 0 Å². The number of aliphatic hydroxyl groups is 2. The van der Waals surface area contributed by atoms with Gasteiger partial charge >= 0.3 is 0 Å². The summed E-state index contributed by atoms with van der Waals surface area (Å²) in [5, 5.41) is 20.2. The van der Waals surface area contributed by atoms with E-state index in [0.717, 1.165) is 19.3 Å². The van der Waals surface area contributed by atoms with Crippen molar-refractivity contribution in [2.45, 2.75) is 101 Å². The van der Waals surface area contributed by atoms with Crippen molar-refractivity contribution in [1.82, 2.24) is 0 Å². The second-order valence-electron chi connectivity index (χ2n) is 13.7. The molecule has 0 unspecified atom stereocenters. The number of hydrogen-bond acceptors (Lipinski definition) is 2. The number of hydrogen-bond donors (Lipinski definition) is 2. The van der Waals surface area contributed by atoms with Crippen LogP contribution in [0.5, 0.6) is 0 Å². The molecule has 2 aliphatic carbocycles. The van der Waals surface area contributed by atoms with Gasteiger partial charge in [0.1, 0.15) is 0 Å². The number of allylic oxidation sites excluding steroid dienone is 20. The molecule has 0 saturated heterocycles. The first-order chi connectivity index (χ1) is 19.6. The zero-order valence-electron chi connectivity index (χ0n) is 27.9. The first kappa shape index (κ1) is 35.3. The molecule has 2 nitrogen and oxygen atoms in total. The van der Waals surface area contributed by atoms with Gasteiger partial charge in [-0.3, -0.25) is 0 Å². The van der Waals surface area contributed by atoms with Crippen molar-refractivity contribution in [3.63, 3.8) is 0 Å². The fraction of sp³-hybridized carbons (Fsp3) is 0.450. The van der Waals surface area contributed by atoms with Crippen molar-refractivity contribution in [2.75, 3.05) is 0 Å². The summed E-state index contributed by atoms with van der Waals surface area (Å²) in [5.74, 6) is 0.349. The Morgan fingerprint density at radius 1 is 0.714 bits per heavy atom. The molecule has 0 aromatic rings. The number of aliphatic hydroxyl groups excluding tert-OH is 2. The molecule has 228 valence electrons. The van der Waals surface area contributed by atoms with E-state index in [-0.39, 0.29) is 23.0 Å². The summed E-state index contributed by atoms with van der Waals surface area (Å²) in [7, 11) is 0. The molecular formula is C40H56O2. The molecule has 2 aliphatic rings. The SMILES string of the molecule is CC1=C[C@H](O)CC(C)(C)[C@H]1/C=C/C=C(C)\C=C\C(C)=C\C=C\C=C(C)\C=C\C=C(C)/C=C/C1=C(C)C[C@@H](O)CC1(C)C. The summed E-state index contributed by atoms with van der Waals surface area (Å²) in [6, 6.07) is 0. The lowest BCUT2D eigenvalue weighted by Gasteiger charge is -2.38. The molecule has 0 heterocycles. The molecule has 3 atom stereocenters. The zero-order chi connectivity index (χ0) is 31.5. The lowest BCUT2D eigenvalue weighted by molar-refractivity contribution is 0.116.